The number of aromatic nitrogens is 3. The van der Waals surface area contributed by atoms with Crippen LogP contribution in [0.3, 0.4) is 0 Å². The topological polar surface area (TPSA) is 67.9 Å². The highest BCUT2D eigenvalue weighted by Crippen LogP contribution is 2.07. The summed E-state index contributed by atoms with van der Waals surface area (Å²) in [7, 11) is 0. The van der Waals surface area contributed by atoms with Crippen molar-refractivity contribution in [2.45, 2.75) is 26.7 Å². The number of nitrogens with zero attached hydrogens (tertiary/aromatic N) is 4. The van der Waals surface area contributed by atoms with E-state index in [4.69, 9.17) is 5.73 Å². The Balaban J connectivity index is 2.75. The largest absolute Gasteiger partial charge is 0.368 e. The van der Waals surface area contributed by atoms with Crippen molar-refractivity contribution >= 4 is 11.9 Å². The lowest BCUT2D eigenvalue weighted by Gasteiger charge is -2.20. The van der Waals surface area contributed by atoms with Gasteiger partial charge >= 0.3 is 0 Å². The predicted molar refractivity (Wildman–Crippen MR) is 57.0 cm³/mol. The number of nitrogen functional groups attached to an aromatic ring is 1. The van der Waals surface area contributed by atoms with E-state index in [0.29, 0.717) is 5.95 Å². The van der Waals surface area contributed by atoms with Gasteiger partial charge in [-0.25, -0.2) is 9.97 Å². The lowest BCUT2D eigenvalue weighted by molar-refractivity contribution is 0.718. The number of rotatable bonds is 5. The fourth-order valence-electron chi connectivity index (χ4n) is 1.30. The zero-order valence-electron chi connectivity index (χ0n) is 8.77. The Hall–Kier alpha value is -1.39. The van der Waals surface area contributed by atoms with Crippen LogP contribution in [0.5, 0.6) is 0 Å². The van der Waals surface area contributed by atoms with E-state index in [2.05, 4.69) is 33.7 Å². The fraction of sp³-hybridized carbons (Fsp3) is 0.667. The maximum Gasteiger partial charge on any atom is 0.230 e. The third-order valence-electron chi connectivity index (χ3n) is 1.85. The van der Waals surface area contributed by atoms with Gasteiger partial charge in [-0.15, -0.1) is 0 Å². The van der Waals surface area contributed by atoms with Crippen LogP contribution >= 0.6 is 0 Å². The molecule has 5 nitrogen and oxygen atoms in total. The van der Waals surface area contributed by atoms with Crippen LogP contribution in [0.1, 0.15) is 26.7 Å². The molecule has 0 amide bonds. The molecule has 1 aromatic heterocycles. The molecule has 0 radical (unpaired) electrons. The quantitative estimate of drug-likeness (QED) is 0.761. The summed E-state index contributed by atoms with van der Waals surface area (Å²) in [5.41, 5.74) is 5.50. The number of hydrogen-bond acceptors (Lipinski definition) is 5. The van der Waals surface area contributed by atoms with Gasteiger partial charge in [0.2, 0.25) is 11.9 Å². The van der Waals surface area contributed by atoms with Crippen LogP contribution in [0.25, 0.3) is 0 Å². The first kappa shape index (κ1) is 10.7. The molecule has 5 heteroatoms. The highest BCUT2D eigenvalue weighted by molar-refractivity contribution is 5.32. The van der Waals surface area contributed by atoms with Gasteiger partial charge in [0.05, 0.1) is 0 Å². The van der Waals surface area contributed by atoms with Crippen molar-refractivity contribution in [2.24, 2.45) is 0 Å². The minimum atomic E-state index is 0.284. The molecule has 1 aromatic rings. The molecular weight excluding hydrogens is 178 g/mol. The molecule has 0 atom stereocenters. The molecule has 0 aliphatic rings. The average molecular weight is 195 g/mol. The summed E-state index contributed by atoms with van der Waals surface area (Å²) in [6.45, 7) is 6.18. The van der Waals surface area contributed by atoms with Crippen molar-refractivity contribution in [1.82, 2.24) is 15.0 Å². The van der Waals surface area contributed by atoms with E-state index in [0.717, 1.165) is 25.9 Å². The third-order valence-corrected chi connectivity index (χ3v) is 1.85. The smallest absolute Gasteiger partial charge is 0.230 e. The van der Waals surface area contributed by atoms with Gasteiger partial charge in [-0.05, 0) is 12.8 Å². The van der Waals surface area contributed by atoms with Crippen LogP contribution in [0.15, 0.2) is 6.33 Å². The summed E-state index contributed by atoms with van der Waals surface area (Å²) in [6.07, 6.45) is 3.60. The highest BCUT2D eigenvalue weighted by Gasteiger charge is 2.07. The first-order chi connectivity index (χ1) is 6.77. The lowest BCUT2D eigenvalue weighted by atomic mass is 10.4. The van der Waals surface area contributed by atoms with Crippen molar-refractivity contribution in [3.8, 4) is 0 Å². The Morgan fingerprint density at radius 2 is 1.86 bits per heavy atom. The van der Waals surface area contributed by atoms with Gasteiger partial charge in [-0.2, -0.15) is 4.98 Å². The first-order valence-electron chi connectivity index (χ1n) is 4.97. The average Bonchev–Trinajstić information content (AvgIpc) is 2.17. The minimum Gasteiger partial charge on any atom is -0.368 e. The van der Waals surface area contributed by atoms with E-state index in [1.807, 2.05) is 0 Å². The molecule has 0 aliphatic heterocycles. The molecule has 0 aliphatic carbocycles. The van der Waals surface area contributed by atoms with Crippen LogP contribution in [-0.4, -0.2) is 28.0 Å². The summed E-state index contributed by atoms with van der Waals surface area (Å²) in [5, 5.41) is 0. The van der Waals surface area contributed by atoms with Gasteiger partial charge in [0, 0.05) is 13.1 Å². The first-order valence-corrected chi connectivity index (χ1v) is 4.97. The Bertz CT molecular complexity index is 270. The summed E-state index contributed by atoms with van der Waals surface area (Å²) < 4.78 is 0. The Morgan fingerprint density at radius 3 is 2.36 bits per heavy atom. The van der Waals surface area contributed by atoms with E-state index < -0.39 is 0 Å². The Kier molecular flexibility index (Phi) is 4.10. The standard InChI is InChI=1S/C9H17N5/c1-3-5-14(6-4-2)9-12-7-11-8(10)13-9/h7H,3-6H2,1-2H3,(H2,10,11,12,13). The molecule has 0 spiro atoms. The molecule has 0 saturated heterocycles. The fourth-order valence-corrected chi connectivity index (χ4v) is 1.30. The molecule has 0 unspecified atom stereocenters. The number of nitrogens with two attached hydrogens (primary N) is 1. The zero-order chi connectivity index (χ0) is 10.4. The van der Waals surface area contributed by atoms with Gasteiger partial charge in [0.15, 0.2) is 0 Å². The van der Waals surface area contributed by atoms with Crippen LogP contribution in [0, 0.1) is 0 Å². The summed E-state index contributed by atoms with van der Waals surface area (Å²) in [5.74, 6) is 0.966. The second-order valence-corrected chi connectivity index (χ2v) is 3.13. The highest BCUT2D eigenvalue weighted by atomic mass is 15.3. The molecule has 1 heterocycles. The Labute approximate surface area is 84.4 Å². The molecule has 1 rings (SSSR count). The molecule has 0 fully saturated rings. The van der Waals surface area contributed by atoms with Gasteiger partial charge in [-0.3, -0.25) is 0 Å². The minimum absolute atomic E-state index is 0.284. The number of hydrogen-bond donors (Lipinski definition) is 1. The predicted octanol–water partition coefficient (Wildman–Crippen LogP) is 1.08. The van der Waals surface area contributed by atoms with Crippen molar-refractivity contribution in [2.75, 3.05) is 23.7 Å². The molecule has 0 bridgehead atoms. The van der Waals surface area contributed by atoms with Crippen molar-refractivity contribution in [3.63, 3.8) is 0 Å². The van der Waals surface area contributed by atoms with Gasteiger partial charge in [0.25, 0.3) is 0 Å². The molecule has 14 heavy (non-hydrogen) atoms. The zero-order valence-corrected chi connectivity index (χ0v) is 8.77. The monoisotopic (exact) mass is 195 g/mol. The maximum atomic E-state index is 5.50. The molecule has 78 valence electrons. The van der Waals surface area contributed by atoms with Crippen molar-refractivity contribution in [3.05, 3.63) is 6.33 Å². The van der Waals surface area contributed by atoms with Crippen molar-refractivity contribution in [1.29, 1.82) is 0 Å². The van der Waals surface area contributed by atoms with Crippen LogP contribution in [-0.2, 0) is 0 Å². The molecule has 0 aromatic carbocycles. The summed E-state index contributed by atoms with van der Waals surface area (Å²) in [4.78, 5) is 14.1. The summed E-state index contributed by atoms with van der Waals surface area (Å²) >= 11 is 0. The van der Waals surface area contributed by atoms with Gasteiger partial charge < -0.3 is 10.6 Å². The number of anilines is 2. The second-order valence-electron chi connectivity index (χ2n) is 3.13. The van der Waals surface area contributed by atoms with E-state index in [1.165, 1.54) is 6.33 Å². The van der Waals surface area contributed by atoms with Crippen LogP contribution in [0.4, 0.5) is 11.9 Å². The van der Waals surface area contributed by atoms with E-state index in [1.54, 1.807) is 0 Å². The van der Waals surface area contributed by atoms with E-state index in [-0.39, 0.29) is 5.95 Å². The maximum absolute atomic E-state index is 5.50. The van der Waals surface area contributed by atoms with Crippen molar-refractivity contribution < 1.29 is 0 Å². The van der Waals surface area contributed by atoms with Crippen LogP contribution < -0.4 is 10.6 Å². The molecule has 2 N–H and O–H groups in total. The summed E-state index contributed by atoms with van der Waals surface area (Å²) in [6, 6.07) is 0. The van der Waals surface area contributed by atoms with Crippen LogP contribution in [0.2, 0.25) is 0 Å². The lowest BCUT2D eigenvalue weighted by Crippen LogP contribution is -2.27. The SMILES string of the molecule is CCCN(CCC)c1ncnc(N)n1. The molecular formula is C9H17N5. The third kappa shape index (κ3) is 2.83. The Morgan fingerprint density at radius 1 is 1.21 bits per heavy atom. The van der Waals surface area contributed by atoms with E-state index in [9.17, 15) is 0 Å². The van der Waals surface area contributed by atoms with Gasteiger partial charge in [0.1, 0.15) is 6.33 Å². The normalized spacial score (nSPS) is 10.1. The van der Waals surface area contributed by atoms with E-state index >= 15 is 0 Å². The second kappa shape index (κ2) is 5.36. The molecule has 0 saturated carbocycles. The van der Waals surface area contributed by atoms with Gasteiger partial charge in [-0.1, -0.05) is 13.8 Å².